The SMILES string of the molecule is COc1c(/C(C)=C/C(=O)Nc2ccc(Cl)cc2F)cc2c(C)coc2c1C. The molecule has 0 fully saturated rings. The first-order chi connectivity index (χ1) is 12.8. The molecule has 6 heteroatoms. The summed E-state index contributed by atoms with van der Waals surface area (Å²) in [5, 5.41) is 3.75. The predicted octanol–water partition coefficient (Wildman–Crippen LogP) is 5.89. The highest BCUT2D eigenvalue weighted by Crippen LogP contribution is 2.37. The lowest BCUT2D eigenvalue weighted by Crippen LogP contribution is -2.10. The van der Waals surface area contributed by atoms with Crippen molar-refractivity contribution in [1.82, 2.24) is 0 Å². The van der Waals surface area contributed by atoms with Gasteiger partial charge >= 0.3 is 0 Å². The number of amides is 1. The van der Waals surface area contributed by atoms with Crippen LogP contribution < -0.4 is 10.1 Å². The monoisotopic (exact) mass is 387 g/mol. The van der Waals surface area contributed by atoms with Crippen LogP contribution in [0, 0.1) is 19.7 Å². The van der Waals surface area contributed by atoms with Crippen LogP contribution in [0.5, 0.6) is 5.75 Å². The van der Waals surface area contributed by atoms with Crippen molar-refractivity contribution in [3.8, 4) is 5.75 Å². The van der Waals surface area contributed by atoms with Crippen LogP contribution in [-0.4, -0.2) is 13.0 Å². The first-order valence-corrected chi connectivity index (χ1v) is 8.69. The van der Waals surface area contributed by atoms with E-state index in [1.54, 1.807) is 20.3 Å². The molecule has 3 aromatic rings. The van der Waals surface area contributed by atoms with Crippen LogP contribution in [0.2, 0.25) is 5.02 Å². The van der Waals surface area contributed by atoms with Gasteiger partial charge in [-0.15, -0.1) is 0 Å². The van der Waals surface area contributed by atoms with Gasteiger partial charge < -0.3 is 14.5 Å². The van der Waals surface area contributed by atoms with E-state index in [9.17, 15) is 9.18 Å². The van der Waals surface area contributed by atoms with E-state index in [2.05, 4.69) is 5.32 Å². The summed E-state index contributed by atoms with van der Waals surface area (Å²) >= 11 is 5.73. The third-order valence-electron chi connectivity index (χ3n) is 4.40. The lowest BCUT2D eigenvalue weighted by molar-refractivity contribution is -0.111. The average molecular weight is 388 g/mol. The minimum Gasteiger partial charge on any atom is -0.496 e. The van der Waals surface area contributed by atoms with Crippen molar-refractivity contribution in [1.29, 1.82) is 0 Å². The molecular formula is C21H19ClFNO3. The van der Waals surface area contributed by atoms with E-state index in [4.69, 9.17) is 20.8 Å². The number of benzene rings is 2. The van der Waals surface area contributed by atoms with Gasteiger partial charge in [0.1, 0.15) is 17.1 Å². The summed E-state index contributed by atoms with van der Waals surface area (Å²) in [6.07, 6.45) is 3.10. The Hall–Kier alpha value is -2.79. The molecule has 0 unspecified atom stereocenters. The van der Waals surface area contributed by atoms with Crippen LogP contribution in [-0.2, 0) is 4.79 Å². The van der Waals surface area contributed by atoms with Crippen molar-refractivity contribution in [3.63, 3.8) is 0 Å². The van der Waals surface area contributed by atoms with E-state index in [1.165, 1.54) is 18.2 Å². The Labute approximate surface area is 161 Å². The second-order valence-corrected chi connectivity index (χ2v) is 6.75. The molecule has 3 rings (SSSR count). The normalized spacial score (nSPS) is 11.7. The molecule has 1 N–H and O–H groups in total. The molecule has 0 atom stereocenters. The number of furan rings is 1. The number of anilines is 1. The number of fused-ring (bicyclic) bond motifs is 1. The molecule has 1 heterocycles. The molecule has 0 aliphatic rings. The topological polar surface area (TPSA) is 51.5 Å². The van der Waals surface area contributed by atoms with E-state index in [0.717, 1.165) is 33.7 Å². The van der Waals surface area contributed by atoms with Crippen molar-refractivity contribution in [2.24, 2.45) is 0 Å². The Balaban J connectivity index is 1.97. The number of nitrogens with one attached hydrogen (secondary N) is 1. The summed E-state index contributed by atoms with van der Waals surface area (Å²) in [7, 11) is 1.57. The third-order valence-corrected chi connectivity index (χ3v) is 4.64. The number of hydrogen-bond donors (Lipinski definition) is 1. The van der Waals surface area contributed by atoms with Crippen molar-refractivity contribution in [2.45, 2.75) is 20.8 Å². The van der Waals surface area contributed by atoms with Gasteiger partial charge in [0, 0.05) is 27.6 Å². The number of allylic oxidation sites excluding steroid dienone is 1. The van der Waals surface area contributed by atoms with E-state index in [-0.39, 0.29) is 10.7 Å². The Bertz CT molecular complexity index is 1070. The van der Waals surface area contributed by atoms with E-state index in [1.807, 2.05) is 19.9 Å². The molecule has 27 heavy (non-hydrogen) atoms. The highest BCUT2D eigenvalue weighted by atomic mass is 35.5. The Kier molecular flexibility index (Phi) is 5.24. The second kappa shape index (κ2) is 7.45. The summed E-state index contributed by atoms with van der Waals surface area (Å²) in [6.45, 7) is 5.66. The molecule has 4 nitrogen and oxygen atoms in total. The third kappa shape index (κ3) is 3.69. The minimum absolute atomic E-state index is 0.0673. The molecule has 0 bridgehead atoms. The molecule has 0 saturated carbocycles. The zero-order valence-corrected chi connectivity index (χ0v) is 16.2. The Morgan fingerprint density at radius 2 is 2.04 bits per heavy atom. The first-order valence-electron chi connectivity index (χ1n) is 8.32. The van der Waals surface area contributed by atoms with Crippen molar-refractivity contribution in [3.05, 3.63) is 64.1 Å². The summed E-state index contributed by atoms with van der Waals surface area (Å²) in [5.41, 5.74) is 4.14. The Morgan fingerprint density at radius 1 is 1.30 bits per heavy atom. The molecule has 1 amide bonds. The number of aryl methyl sites for hydroxylation is 2. The molecule has 140 valence electrons. The lowest BCUT2D eigenvalue weighted by Gasteiger charge is -2.13. The van der Waals surface area contributed by atoms with Gasteiger partial charge in [-0.05, 0) is 56.2 Å². The van der Waals surface area contributed by atoms with Crippen molar-refractivity contribution < 1.29 is 18.3 Å². The number of halogens is 2. The van der Waals surface area contributed by atoms with Crippen molar-refractivity contribution >= 4 is 39.7 Å². The van der Waals surface area contributed by atoms with Gasteiger partial charge in [-0.1, -0.05) is 11.6 Å². The molecule has 0 saturated heterocycles. The summed E-state index contributed by atoms with van der Waals surface area (Å²) < 4.78 is 25.0. The van der Waals surface area contributed by atoms with Gasteiger partial charge in [0.15, 0.2) is 0 Å². The van der Waals surface area contributed by atoms with Crippen LogP contribution in [0.15, 0.2) is 41.0 Å². The smallest absolute Gasteiger partial charge is 0.248 e. The first kappa shape index (κ1) is 19.0. The zero-order chi connectivity index (χ0) is 19.7. The maximum atomic E-state index is 13.9. The Morgan fingerprint density at radius 3 is 2.70 bits per heavy atom. The highest BCUT2D eigenvalue weighted by Gasteiger charge is 2.17. The maximum Gasteiger partial charge on any atom is 0.248 e. The van der Waals surface area contributed by atoms with Crippen LogP contribution >= 0.6 is 11.6 Å². The van der Waals surface area contributed by atoms with Gasteiger partial charge in [-0.25, -0.2) is 4.39 Å². The van der Waals surface area contributed by atoms with Crippen LogP contribution in [0.25, 0.3) is 16.5 Å². The molecule has 2 aromatic carbocycles. The molecule has 0 radical (unpaired) electrons. The number of carbonyl (C=O) groups is 1. The number of hydrogen-bond acceptors (Lipinski definition) is 3. The highest BCUT2D eigenvalue weighted by molar-refractivity contribution is 6.30. The number of carbonyl (C=O) groups excluding carboxylic acids is 1. The molecule has 0 aliphatic heterocycles. The second-order valence-electron chi connectivity index (χ2n) is 6.32. The van der Waals surface area contributed by atoms with Gasteiger partial charge in [-0.2, -0.15) is 0 Å². The number of ether oxygens (including phenoxy) is 1. The van der Waals surface area contributed by atoms with E-state index >= 15 is 0 Å². The molecule has 1 aromatic heterocycles. The quantitative estimate of drug-likeness (QED) is 0.567. The summed E-state index contributed by atoms with van der Waals surface area (Å²) in [5.74, 6) is -0.403. The average Bonchev–Trinajstić information content (AvgIpc) is 2.98. The maximum absolute atomic E-state index is 13.9. The van der Waals surface area contributed by atoms with Gasteiger partial charge in [0.2, 0.25) is 5.91 Å². The lowest BCUT2D eigenvalue weighted by atomic mass is 9.98. The molecule has 0 aliphatic carbocycles. The largest absolute Gasteiger partial charge is 0.496 e. The molecule has 0 spiro atoms. The van der Waals surface area contributed by atoms with Gasteiger partial charge in [0.25, 0.3) is 0 Å². The predicted molar refractivity (Wildman–Crippen MR) is 106 cm³/mol. The minimum atomic E-state index is -0.592. The fourth-order valence-electron chi connectivity index (χ4n) is 3.03. The van der Waals surface area contributed by atoms with Crippen LogP contribution in [0.1, 0.15) is 23.6 Å². The van der Waals surface area contributed by atoms with Crippen molar-refractivity contribution in [2.75, 3.05) is 12.4 Å². The van der Waals surface area contributed by atoms with Gasteiger partial charge in [-0.3, -0.25) is 4.79 Å². The molecular weight excluding hydrogens is 369 g/mol. The standard InChI is InChI=1S/C21H19ClFNO3/c1-11(7-19(25)24-18-6-5-14(22)8-17(18)23)15-9-16-12(2)10-27-21(16)13(3)20(15)26-4/h5-10H,1-4H3,(H,24,25)/b11-7+. The fraction of sp³-hybridized carbons (Fsp3) is 0.190. The summed E-state index contributed by atoms with van der Waals surface area (Å²) in [6, 6.07) is 6.01. The summed E-state index contributed by atoms with van der Waals surface area (Å²) in [4.78, 5) is 12.4. The van der Waals surface area contributed by atoms with Crippen LogP contribution in [0.4, 0.5) is 10.1 Å². The number of methoxy groups -OCH3 is 1. The van der Waals surface area contributed by atoms with Crippen LogP contribution in [0.3, 0.4) is 0 Å². The number of rotatable bonds is 4. The van der Waals surface area contributed by atoms with E-state index in [0.29, 0.717) is 11.3 Å². The zero-order valence-electron chi connectivity index (χ0n) is 15.4. The fourth-order valence-corrected chi connectivity index (χ4v) is 3.19. The van der Waals surface area contributed by atoms with E-state index < -0.39 is 11.7 Å². The van der Waals surface area contributed by atoms with Gasteiger partial charge in [0.05, 0.1) is 19.1 Å².